The number of sulfone groups is 1. The van der Waals surface area contributed by atoms with Gasteiger partial charge in [0.25, 0.3) is 5.91 Å². The van der Waals surface area contributed by atoms with Crippen molar-refractivity contribution in [2.45, 2.75) is 37.8 Å². The lowest BCUT2D eigenvalue weighted by molar-refractivity contribution is 0.0950. The van der Waals surface area contributed by atoms with E-state index in [-0.39, 0.29) is 23.5 Å². The molecule has 1 aliphatic heterocycles. The molecule has 0 bridgehead atoms. The van der Waals surface area contributed by atoms with Crippen LogP contribution in [0.4, 0.5) is 0 Å². The summed E-state index contributed by atoms with van der Waals surface area (Å²) in [5.41, 5.74) is 2.34. The van der Waals surface area contributed by atoms with Gasteiger partial charge in [-0.2, -0.15) is 0 Å². The van der Waals surface area contributed by atoms with E-state index in [0.29, 0.717) is 12.2 Å². The van der Waals surface area contributed by atoms with Gasteiger partial charge >= 0.3 is 0 Å². The van der Waals surface area contributed by atoms with Crippen LogP contribution in [0.15, 0.2) is 41.3 Å². The van der Waals surface area contributed by atoms with Gasteiger partial charge in [-0.05, 0) is 50.2 Å². The summed E-state index contributed by atoms with van der Waals surface area (Å²) in [7, 11) is -3.29. The average Bonchev–Trinajstić information content (AvgIpc) is 2.98. The molecule has 1 heterocycles. The van der Waals surface area contributed by atoms with Crippen LogP contribution in [0.2, 0.25) is 0 Å². The maximum absolute atomic E-state index is 12.4. The number of hydrogen-bond acceptors (Lipinski definition) is 5. The summed E-state index contributed by atoms with van der Waals surface area (Å²) in [6.07, 6.45) is 2.11. The smallest absolute Gasteiger partial charge is 0.251 e. The molecule has 0 fully saturated rings. The largest absolute Gasteiger partial charge is 0.494 e. The quantitative estimate of drug-likeness (QED) is 0.822. The molecule has 3 rings (SSSR count). The number of fused-ring (bicyclic) bond motifs is 1. The molecule has 6 nitrogen and oxygen atoms in total. The molecule has 0 radical (unpaired) electrons. The molecule has 1 amide bonds. The van der Waals surface area contributed by atoms with Crippen LogP contribution in [-0.4, -0.2) is 33.3 Å². The second-order valence-corrected chi connectivity index (χ2v) is 8.63. The summed E-state index contributed by atoms with van der Waals surface area (Å²) in [6, 6.07) is 9.76. The summed E-state index contributed by atoms with van der Waals surface area (Å²) in [4.78, 5) is 12.6. The maximum atomic E-state index is 12.4. The zero-order chi connectivity index (χ0) is 19.6. The third kappa shape index (κ3) is 4.42. The Kier molecular flexibility index (Phi) is 5.41. The zero-order valence-corrected chi connectivity index (χ0v) is 16.4. The SMILES string of the molecule is CCOc1cc2c(cc1CNC(=O)c1ccc(S(C)(=O)=O)cc1)O[C@@H](C)C2. The van der Waals surface area contributed by atoms with Crippen LogP contribution in [0.3, 0.4) is 0 Å². The standard InChI is InChI=1S/C20H23NO5S/c1-4-25-18-10-15-9-13(2)26-19(15)11-16(18)12-21-20(22)14-5-7-17(8-6-14)27(3,23)24/h5-8,10-11,13H,4,9,12H2,1-3H3,(H,21,22)/t13-/m0/s1. The van der Waals surface area contributed by atoms with Crippen molar-refractivity contribution in [3.05, 3.63) is 53.1 Å². The third-order valence-electron chi connectivity index (χ3n) is 4.36. The Morgan fingerprint density at radius 1 is 1.26 bits per heavy atom. The van der Waals surface area contributed by atoms with Gasteiger partial charge in [-0.3, -0.25) is 4.79 Å². The fraction of sp³-hybridized carbons (Fsp3) is 0.350. The van der Waals surface area contributed by atoms with Crippen LogP contribution in [0.1, 0.15) is 35.3 Å². The van der Waals surface area contributed by atoms with Crippen LogP contribution in [0.25, 0.3) is 0 Å². The Morgan fingerprint density at radius 3 is 2.59 bits per heavy atom. The zero-order valence-electron chi connectivity index (χ0n) is 15.6. The highest BCUT2D eigenvalue weighted by molar-refractivity contribution is 7.90. The molecule has 144 valence electrons. The lowest BCUT2D eigenvalue weighted by atomic mass is 10.1. The van der Waals surface area contributed by atoms with Gasteiger partial charge in [0.15, 0.2) is 9.84 Å². The monoisotopic (exact) mass is 389 g/mol. The first-order valence-electron chi connectivity index (χ1n) is 8.81. The van der Waals surface area contributed by atoms with Gasteiger partial charge in [0, 0.05) is 35.9 Å². The van der Waals surface area contributed by atoms with E-state index >= 15 is 0 Å². The Bertz CT molecular complexity index is 951. The van der Waals surface area contributed by atoms with Crippen molar-refractivity contribution in [3.8, 4) is 11.5 Å². The van der Waals surface area contributed by atoms with Gasteiger partial charge in [0.1, 0.15) is 17.6 Å². The van der Waals surface area contributed by atoms with E-state index in [1.807, 2.05) is 26.0 Å². The number of carbonyl (C=O) groups excluding carboxylic acids is 1. The van der Waals surface area contributed by atoms with Crippen LogP contribution < -0.4 is 14.8 Å². The highest BCUT2D eigenvalue weighted by Crippen LogP contribution is 2.35. The van der Waals surface area contributed by atoms with Crippen LogP contribution in [0.5, 0.6) is 11.5 Å². The number of amides is 1. The molecule has 27 heavy (non-hydrogen) atoms. The summed E-state index contributed by atoms with van der Waals surface area (Å²) < 4.78 is 34.5. The van der Waals surface area contributed by atoms with Crippen molar-refractivity contribution in [3.63, 3.8) is 0 Å². The van der Waals surface area contributed by atoms with E-state index in [9.17, 15) is 13.2 Å². The highest BCUT2D eigenvalue weighted by atomic mass is 32.2. The third-order valence-corrected chi connectivity index (χ3v) is 5.49. The molecule has 0 unspecified atom stereocenters. The first-order valence-corrected chi connectivity index (χ1v) is 10.7. The molecule has 2 aromatic rings. The molecular formula is C20H23NO5S. The molecule has 0 aliphatic carbocycles. The predicted octanol–water partition coefficient (Wildman–Crippen LogP) is 2.74. The topological polar surface area (TPSA) is 81.7 Å². The summed E-state index contributed by atoms with van der Waals surface area (Å²) in [6.45, 7) is 4.75. The van der Waals surface area contributed by atoms with Crippen molar-refractivity contribution in [2.75, 3.05) is 12.9 Å². The highest BCUT2D eigenvalue weighted by Gasteiger charge is 2.22. The predicted molar refractivity (Wildman–Crippen MR) is 102 cm³/mol. The second-order valence-electron chi connectivity index (χ2n) is 6.61. The maximum Gasteiger partial charge on any atom is 0.251 e. The first-order chi connectivity index (χ1) is 12.8. The Morgan fingerprint density at radius 2 is 1.96 bits per heavy atom. The molecule has 1 atom stereocenters. The number of nitrogens with one attached hydrogen (secondary N) is 1. The molecule has 7 heteroatoms. The summed E-state index contributed by atoms with van der Waals surface area (Å²) >= 11 is 0. The molecule has 2 aromatic carbocycles. The molecule has 0 saturated carbocycles. The summed E-state index contributed by atoms with van der Waals surface area (Å²) in [5.74, 6) is 1.28. The van der Waals surface area contributed by atoms with E-state index in [0.717, 1.165) is 35.3 Å². The average molecular weight is 389 g/mol. The van der Waals surface area contributed by atoms with E-state index in [1.54, 1.807) is 0 Å². The minimum absolute atomic E-state index is 0.132. The van der Waals surface area contributed by atoms with E-state index in [1.165, 1.54) is 24.3 Å². The van der Waals surface area contributed by atoms with Gasteiger partial charge in [-0.15, -0.1) is 0 Å². The number of carbonyl (C=O) groups is 1. The Labute approximate surface area is 159 Å². The Hall–Kier alpha value is -2.54. The minimum atomic E-state index is -3.29. The molecule has 0 saturated heterocycles. The normalized spacial score (nSPS) is 15.7. The van der Waals surface area contributed by atoms with Crippen molar-refractivity contribution < 1.29 is 22.7 Å². The van der Waals surface area contributed by atoms with Gasteiger partial charge in [-0.25, -0.2) is 8.42 Å². The second kappa shape index (κ2) is 7.60. The van der Waals surface area contributed by atoms with Gasteiger partial charge in [0.05, 0.1) is 11.5 Å². The molecule has 0 spiro atoms. The fourth-order valence-corrected chi connectivity index (χ4v) is 3.67. The van der Waals surface area contributed by atoms with Gasteiger partial charge in [0.2, 0.25) is 0 Å². The lowest BCUT2D eigenvalue weighted by Crippen LogP contribution is -2.23. The van der Waals surface area contributed by atoms with Crippen LogP contribution in [0, 0.1) is 0 Å². The van der Waals surface area contributed by atoms with Crippen molar-refractivity contribution >= 4 is 15.7 Å². The van der Waals surface area contributed by atoms with Crippen molar-refractivity contribution in [1.29, 1.82) is 0 Å². The van der Waals surface area contributed by atoms with Crippen molar-refractivity contribution in [2.24, 2.45) is 0 Å². The summed E-state index contributed by atoms with van der Waals surface area (Å²) in [5, 5.41) is 2.85. The number of rotatable bonds is 6. The van der Waals surface area contributed by atoms with E-state index in [4.69, 9.17) is 9.47 Å². The molecule has 0 aromatic heterocycles. The first kappa shape index (κ1) is 19.2. The van der Waals surface area contributed by atoms with Gasteiger partial charge in [-0.1, -0.05) is 0 Å². The van der Waals surface area contributed by atoms with E-state index < -0.39 is 9.84 Å². The fourth-order valence-electron chi connectivity index (χ4n) is 3.04. The number of hydrogen-bond donors (Lipinski definition) is 1. The Balaban J connectivity index is 1.74. The van der Waals surface area contributed by atoms with Crippen LogP contribution in [-0.2, 0) is 22.8 Å². The number of ether oxygens (including phenoxy) is 2. The molecule has 1 N–H and O–H groups in total. The van der Waals surface area contributed by atoms with Crippen LogP contribution >= 0.6 is 0 Å². The molecule has 1 aliphatic rings. The van der Waals surface area contributed by atoms with Gasteiger partial charge < -0.3 is 14.8 Å². The molecular weight excluding hydrogens is 366 g/mol. The van der Waals surface area contributed by atoms with E-state index in [2.05, 4.69) is 5.32 Å². The van der Waals surface area contributed by atoms with Crippen molar-refractivity contribution in [1.82, 2.24) is 5.32 Å². The number of benzene rings is 2. The lowest BCUT2D eigenvalue weighted by Gasteiger charge is -2.13. The minimum Gasteiger partial charge on any atom is -0.494 e.